The number of rotatable bonds is 3. The van der Waals surface area contributed by atoms with Crippen molar-refractivity contribution in [3.63, 3.8) is 0 Å². The third kappa shape index (κ3) is 2.88. The lowest BCUT2D eigenvalue weighted by molar-refractivity contribution is -0.119. The lowest BCUT2D eigenvalue weighted by Gasteiger charge is -2.18. The van der Waals surface area contributed by atoms with Crippen molar-refractivity contribution >= 4 is 22.4 Å². The summed E-state index contributed by atoms with van der Waals surface area (Å²) in [5, 5.41) is 8.57. The van der Waals surface area contributed by atoms with E-state index >= 15 is 0 Å². The van der Waals surface area contributed by atoms with E-state index in [9.17, 15) is 4.79 Å². The van der Waals surface area contributed by atoms with E-state index in [1.54, 1.807) is 6.20 Å². The molecule has 24 heavy (non-hydrogen) atoms. The molecule has 1 aliphatic heterocycles. The highest BCUT2D eigenvalue weighted by atomic mass is 16.1. The van der Waals surface area contributed by atoms with Gasteiger partial charge in [-0.15, -0.1) is 0 Å². The summed E-state index contributed by atoms with van der Waals surface area (Å²) in [7, 11) is 0. The number of carbonyl (C=O) groups is 1. The summed E-state index contributed by atoms with van der Waals surface area (Å²) < 4.78 is 0. The van der Waals surface area contributed by atoms with E-state index in [4.69, 9.17) is 0 Å². The quantitative estimate of drug-likeness (QED) is 0.780. The third-order valence-electron chi connectivity index (χ3n) is 4.69. The first kappa shape index (κ1) is 14.8. The molecule has 2 atom stereocenters. The van der Waals surface area contributed by atoms with Crippen molar-refractivity contribution in [3.8, 4) is 0 Å². The maximum atomic E-state index is 12.8. The minimum absolute atomic E-state index is 0.0551. The van der Waals surface area contributed by atoms with Gasteiger partial charge in [0.05, 0.1) is 5.92 Å². The van der Waals surface area contributed by atoms with Gasteiger partial charge in [-0.3, -0.25) is 9.78 Å². The molecule has 0 radical (unpaired) electrons. The Balaban J connectivity index is 1.54. The molecule has 0 spiro atoms. The SMILES string of the molecule is O=C(Nc1ccc2cnccc2c1)C1CNCC1c1ccccc1. The van der Waals surface area contributed by atoms with Crippen LogP contribution in [0.2, 0.25) is 0 Å². The summed E-state index contributed by atoms with van der Waals surface area (Å²) in [6, 6.07) is 18.1. The summed E-state index contributed by atoms with van der Waals surface area (Å²) in [5.74, 6) is 0.235. The summed E-state index contributed by atoms with van der Waals surface area (Å²) in [6.07, 6.45) is 3.59. The van der Waals surface area contributed by atoms with E-state index in [0.29, 0.717) is 6.54 Å². The second-order valence-electron chi connectivity index (χ2n) is 6.21. The second kappa shape index (κ2) is 6.42. The van der Waals surface area contributed by atoms with Crippen molar-refractivity contribution in [2.45, 2.75) is 5.92 Å². The van der Waals surface area contributed by atoms with Crippen LogP contribution in [0.5, 0.6) is 0 Å². The van der Waals surface area contributed by atoms with E-state index in [-0.39, 0.29) is 17.7 Å². The van der Waals surface area contributed by atoms with Crippen molar-refractivity contribution in [2.24, 2.45) is 5.92 Å². The Kier molecular flexibility index (Phi) is 3.97. The van der Waals surface area contributed by atoms with Crippen LogP contribution in [0.25, 0.3) is 10.8 Å². The molecule has 0 saturated carbocycles. The summed E-state index contributed by atoms with van der Waals surface area (Å²) in [5.41, 5.74) is 2.05. The molecule has 3 aromatic rings. The molecule has 0 aliphatic carbocycles. The molecule has 1 fully saturated rings. The number of aromatic nitrogens is 1. The molecule has 2 unspecified atom stereocenters. The maximum Gasteiger partial charge on any atom is 0.229 e. The number of pyridine rings is 1. The van der Waals surface area contributed by atoms with Gasteiger partial charge in [0.1, 0.15) is 0 Å². The number of benzene rings is 2. The van der Waals surface area contributed by atoms with Gasteiger partial charge in [0.25, 0.3) is 0 Å². The van der Waals surface area contributed by atoms with Crippen LogP contribution in [-0.4, -0.2) is 24.0 Å². The second-order valence-corrected chi connectivity index (χ2v) is 6.21. The normalized spacial score (nSPS) is 20.2. The third-order valence-corrected chi connectivity index (χ3v) is 4.69. The van der Waals surface area contributed by atoms with Gasteiger partial charge >= 0.3 is 0 Å². The van der Waals surface area contributed by atoms with Crippen molar-refractivity contribution < 1.29 is 4.79 Å². The number of hydrogen-bond donors (Lipinski definition) is 2. The standard InChI is InChI=1S/C20H19N3O/c24-20(19-13-22-12-18(19)14-4-2-1-3-5-14)23-17-7-6-16-11-21-9-8-15(16)10-17/h1-11,18-19,22H,12-13H2,(H,23,24). The molecule has 1 aromatic heterocycles. The van der Waals surface area contributed by atoms with Crippen LogP contribution in [0.3, 0.4) is 0 Å². The molecule has 2 heterocycles. The van der Waals surface area contributed by atoms with E-state index in [0.717, 1.165) is 23.0 Å². The van der Waals surface area contributed by atoms with Gasteiger partial charge in [-0.2, -0.15) is 0 Å². The van der Waals surface area contributed by atoms with Crippen molar-refractivity contribution in [3.05, 3.63) is 72.6 Å². The molecule has 2 aromatic carbocycles. The molecule has 1 saturated heterocycles. The molecular weight excluding hydrogens is 298 g/mol. The number of amides is 1. The van der Waals surface area contributed by atoms with E-state index in [1.807, 2.05) is 48.7 Å². The highest BCUT2D eigenvalue weighted by molar-refractivity contribution is 5.96. The van der Waals surface area contributed by atoms with Gasteiger partial charge < -0.3 is 10.6 Å². The van der Waals surface area contributed by atoms with Crippen LogP contribution in [-0.2, 0) is 4.79 Å². The van der Waals surface area contributed by atoms with Crippen LogP contribution in [0.4, 0.5) is 5.69 Å². The molecule has 1 amide bonds. The molecular formula is C20H19N3O. The lowest BCUT2D eigenvalue weighted by Crippen LogP contribution is -2.28. The van der Waals surface area contributed by atoms with E-state index in [1.165, 1.54) is 5.56 Å². The highest BCUT2D eigenvalue weighted by Gasteiger charge is 2.33. The van der Waals surface area contributed by atoms with Gasteiger partial charge in [0.15, 0.2) is 0 Å². The number of fused-ring (bicyclic) bond motifs is 1. The Hall–Kier alpha value is -2.72. The first-order valence-electron chi connectivity index (χ1n) is 8.21. The molecule has 4 nitrogen and oxygen atoms in total. The summed E-state index contributed by atoms with van der Waals surface area (Å²) >= 11 is 0. The topological polar surface area (TPSA) is 54.0 Å². The average Bonchev–Trinajstić information content (AvgIpc) is 3.12. The van der Waals surface area contributed by atoms with Crippen LogP contribution >= 0.6 is 0 Å². The predicted molar refractivity (Wildman–Crippen MR) is 95.9 cm³/mol. The Bertz CT molecular complexity index is 863. The number of nitrogens with one attached hydrogen (secondary N) is 2. The smallest absolute Gasteiger partial charge is 0.229 e. The highest BCUT2D eigenvalue weighted by Crippen LogP contribution is 2.29. The fourth-order valence-electron chi connectivity index (χ4n) is 3.40. The Morgan fingerprint density at radius 1 is 1.04 bits per heavy atom. The lowest BCUT2D eigenvalue weighted by atomic mass is 9.88. The number of carbonyl (C=O) groups excluding carboxylic acids is 1. The van der Waals surface area contributed by atoms with Crippen LogP contribution in [0.1, 0.15) is 11.5 Å². The Morgan fingerprint density at radius 2 is 1.92 bits per heavy atom. The van der Waals surface area contributed by atoms with Gasteiger partial charge in [-0.05, 0) is 29.1 Å². The maximum absolute atomic E-state index is 12.8. The predicted octanol–water partition coefficient (Wildman–Crippen LogP) is 3.18. The summed E-state index contributed by atoms with van der Waals surface area (Å²) in [6.45, 7) is 1.55. The minimum Gasteiger partial charge on any atom is -0.326 e. The summed E-state index contributed by atoms with van der Waals surface area (Å²) in [4.78, 5) is 16.9. The van der Waals surface area contributed by atoms with Crippen molar-refractivity contribution in [1.29, 1.82) is 0 Å². The van der Waals surface area contributed by atoms with Crippen molar-refractivity contribution in [2.75, 3.05) is 18.4 Å². The molecule has 4 rings (SSSR count). The molecule has 0 bridgehead atoms. The zero-order valence-corrected chi connectivity index (χ0v) is 13.3. The molecule has 1 aliphatic rings. The van der Waals surface area contributed by atoms with Gasteiger partial charge in [0.2, 0.25) is 5.91 Å². The van der Waals surface area contributed by atoms with Crippen LogP contribution in [0.15, 0.2) is 67.0 Å². The molecule has 120 valence electrons. The molecule has 2 N–H and O–H groups in total. The number of nitrogens with zero attached hydrogens (tertiary/aromatic N) is 1. The Morgan fingerprint density at radius 3 is 2.79 bits per heavy atom. The Labute approximate surface area is 140 Å². The monoisotopic (exact) mass is 317 g/mol. The number of anilines is 1. The van der Waals surface area contributed by atoms with E-state index < -0.39 is 0 Å². The van der Waals surface area contributed by atoms with Gasteiger partial charge in [-0.1, -0.05) is 36.4 Å². The van der Waals surface area contributed by atoms with Crippen LogP contribution in [0, 0.1) is 5.92 Å². The fourth-order valence-corrected chi connectivity index (χ4v) is 3.40. The first-order chi connectivity index (χ1) is 11.8. The van der Waals surface area contributed by atoms with Crippen LogP contribution < -0.4 is 10.6 Å². The van der Waals surface area contributed by atoms with Gasteiger partial charge in [-0.25, -0.2) is 0 Å². The minimum atomic E-state index is -0.0551. The largest absolute Gasteiger partial charge is 0.326 e. The number of hydrogen-bond acceptors (Lipinski definition) is 3. The first-order valence-corrected chi connectivity index (χ1v) is 8.21. The zero-order chi connectivity index (χ0) is 16.4. The van der Waals surface area contributed by atoms with Crippen molar-refractivity contribution in [1.82, 2.24) is 10.3 Å². The zero-order valence-electron chi connectivity index (χ0n) is 13.3. The fraction of sp³-hybridized carbons (Fsp3) is 0.200. The van der Waals surface area contributed by atoms with Gasteiger partial charge in [0, 0.05) is 42.5 Å². The average molecular weight is 317 g/mol. The van der Waals surface area contributed by atoms with E-state index in [2.05, 4.69) is 27.8 Å². The molecule has 4 heteroatoms.